The van der Waals surface area contributed by atoms with E-state index in [4.69, 9.17) is 0 Å². The summed E-state index contributed by atoms with van der Waals surface area (Å²) >= 11 is 1.68. The minimum absolute atomic E-state index is 0.0792. The van der Waals surface area contributed by atoms with E-state index in [-0.39, 0.29) is 23.6 Å². The Morgan fingerprint density at radius 3 is 2.87 bits per heavy atom. The first kappa shape index (κ1) is 14.8. The zero-order valence-corrected chi connectivity index (χ0v) is 13.6. The third-order valence-corrected chi connectivity index (χ3v) is 5.88. The van der Waals surface area contributed by atoms with Crippen LogP contribution in [0.15, 0.2) is 35.8 Å². The highest BCUT2D eigenvalue weighted by molar-refractivity contribution is 7.09. The molecule has 2 aromatic rings. The quantitative estimate of drug-likeness (QED) is 0.858. The average Bonchev–Trinajstić information content (AvgIpc) is 3.18. The predicted molar refractivity (Wildman–Crippen MR) is 87.9 cm³/mol. The molecule has 0 N–H and O–H groups in total. The summed E-state index contributed by atoms with van der Waals surface area (Å²) in [6.07, 6.45) is 4.89. The molecule has 23 heavy (non-hydrogen) atoms. The lowest BCUT2D eigenvalue weighted by Crippen LogP contribution is -2.40. The Bertz CT molecular complexity index is 686. The smallest absolute Gasteiger partial charge is 0.226 e. The summed E-state index contributed by atoms with van der Waals surface area (Å²) in [5, 5.41) is 3.15. The third-order valence-electron chi connectivity index (χ3n) is 4.94. The Kier molecular flexibility index (Phi) is 3.89. The van der Waals surface area contributed by atoms with Crippen molar-refractivity contribution in [2.75, 3.05) is 13.1 Å². The lowest BCUT2D eigenvalue weighted by Gasteiger charge is -2.32. The van der Waals surface area contributed by atoms with Crippen LogP contribution in [0, 0.1) is 11.7 Å². The third kappa shape index (κ3) is 3.02. The van der Waals surface area contributed by atoms with Crippen LogP contribution in [0.4, 0.5) is 4.39 Å². The van der Waals surface area contributed by atoms with Crippen LogP contribution >= 0.6 is 11.3 Å². The number of benzene rings is 1. The molecule has 1 aliphatic carbocycles. The van der Waals surface area contributed by atoms with Gasteiger partial charge < -0.3 is 4.90 Å². The number of nitrogens with zero attached hydrogens (tertiary/aromatic N) is 2. The van der Waals surface area contributed by atoms with E-state index in [1.165, 1.54) is 12.1 Å². The van der Waals surface area contributed by atoms with Crippen molar-refractivity contribution in [2.45, 2.75) is 31.1 Å². The van der Waals surface area contributed by atoms with Crippen molar-refractivity contribution in [1.82, 2.24) is 9.88 Å². The number of likely N-dealkylation sites (tertiary alicyclic amines) is 1. The molecule has 1 aromatic carbocycles. The van der Waals surface area contributed by atoms with E-state index < -0.39 is 0 Å². The molecule has 2 fully saturated rings. The first-order valence-electron chi connectivity index (χ1n) is 8.16. The zero-order valence-electron chi connectivity index (χ0n) is 12.8. The molecule has 1 amide bonds. The zero-order chi connectivity index (χ0) is 15.8. The summed E-state index contributed by atoms with van der Waals surface area (Å²) in [6, 6.07) is 6.58. The number of carbonyl (C=O) groups is 1. The minimum Gasteiger partial charge on any atom is -0.342 e. The lowest BCUT2D eigenvalue weighted by atomic mass is 9.98. The van der Waals surface area contributed by atoms with Crippen LogP contribution in [0.25, 0.3) is 0 Å². The summed E-state index contributed by atoms with van der Waals surface area (Å²) in [5.74, 6) is 0.773. The van der Waals surface area contributed by atoms with Crippen LogP contribution in [-0.4, -0.2) is 28.9 Å². The van der Waals surface area contributed by atoms with Gasteiger partial charge in [-0.2, -0.15) is 0 Å². The molecule has 2 heterocycles. The van der Waals surface area contributed by atoms with Gasteiger partial charge in [-0.15, -0.1) is 11.3 Å². The highest BCUT2D eigenvalue weighted by Gasteiger charge is 2.46. The molecule has 1 aromatic heterocycles. The molecular formula is C18H19FN2OS. The van der Waals surface area contributed by atoms with Crippen molar-refractivity contribution >= 4 is 17.2 Å². The molecule has 0 spiro atoms. The number of thiazole rings is 1. The first-order valence-corrected chi connectivity index (χ1v) is 9.04. The van der Waals surface area contributed by atoms with Crippen LogP contribution in [0.3, 0.4) is 0 Å². The standard InChI is InChI=1S/C18H19FN2OS/c19-14-5-3-12(4-6-14)15-10-16(15)18(22)21-8-1-2-13(11-21)17-20-7-9-23-17/h3-7,9,13,15-16H,1-2,8,10-11H2. The van der Waals surface area contributed by atoms with Crippen LogP contribution in [0.1, 0.15) is 41.7 Å². The normalized spacial score (nSPS) is 27.0. The fourth-order valence-corrected chi connectivity index (χ4v) is 4.36. The van der Waals surface area contributed by atoms with Crippen molar-refractivity contribution < 1.29 is 9.18 Å². The van der Waals surface area contributed by atoms with Gasteiger partial charge in [0.2, 0.25) is 5.91 Å². The maximum Gasteiger partial charge on any atom is 0.226 e. The van der Waals surface area contributed by atoms with Gasteiger partial charge in [0.1, 0.15) is 5.82 Å². The number of aromatic nitrogens is 1. The van der Waals surface area contributed by atoms with Gasteiger partial charge >= 0.3 is 0 Å². The van der Waals surface area contributed by atoms with Crippen LogP contribution in [0.5, 0.6) is 0 Å². The second-order valence-corrected chi connectivity index (χ2v) is 7.42. The summed E-state index contributed by atoms with van der Waals surface area (Å²) in [6.45, 7) is 1.65. The molecule has 0 radical (unpaired) electrons. The van der Waals surface area contributed by atoms with Gasteiger partial charge in [-0.05, 0) is 42.9 Å². The Balaban J connectivity index is 1.40. The van der Waals surface area contributed by atoms with Crippen LogP contribution < -0.4 is 0 Å². The van der Waals surface area contributed by atoms with Crippen LogP contribution in [-0.2, 0) is 4.79 Å². The molecule has 120 valence electrons. The largest absolute Gasteiger partial charge is 0.342 e. The fraction of sp³-hybridized carbons (Fsp3) is 0.444. The van der Waals surface area contributed by atoms with Gasteiger partial charge in [0, 0.05) is 36.5 Å². The Morgan fingerprint density at radius 1 is 1.30 bits per heavy atom. The minimum atomic E-state index is -0.223. The second-order valence-electron chi connectivity index (χ2n) is 6.49. The predicted octanol–water partition coefficient (Wildman–Crippen LogP) is 3.79. The Hall–Kier alpha value is -1.75. The SMILES string of the molecule is O=C(C1CC1c1ccc(F)cc1)N1CCCC(c2nccs2)C1. The summed E-state index contributed by atoms with van der Waals surface area (Å²) in [4.78, 5) is 19.2. The molecule has 1 saturated carbocycles. The number of hydrogen-bond donors (Lipinski definition) is 0. The fourth-order valence-electron chi connectivity index (χ4n) is 3.60. The average molecular weight is 330 g/mol. The first-order chi connectivity index (χ1) is 11.2. The number of rotatable bonds is 3. The molecule has 0 bridgehead atoms. The van der Waals surface area contributed by atoms with Gasteiger partial charge in [0.15, 0.2) is 0 Å². The maximum absolute atomic E-state index is 13.0. The summed E-state index contributed by atoms with van der Waals surface area (Å²) < 4.78 is 13.0. The molecule has 2 aliphatic rings. The van der Waals surface area contributed by atoms with Crippen molar-refractivity contribution in [3.63, 3.8) is 0 Å². The van der Waals surface area contributed by atoms with Gasteiger partial charge in [-0.3, -0.25) is 4.79 Å². The number of amides is 1. The van der Waals surface area contributed by atoms with Gasteiger partial charge in [0.05, 0.1) is 5.01 Å². The van der Waals surface area contributed by atoms with E-state index in [0.717, 1.165) is 42.9 Å². The summed E-state index contributed by atoms with van der Waals surface area (Å²) in [5.41, 5.74) is 1.08. The monoisotopic (exact) mass is 330 g/mol. The van der Waals surface area contributed by atoms with E-state index >= 15 is 0 Å². The van der Waals surface area contributed by atoms with Gasteiger partial charge in [0.25, 0.3) is 0 Å². The van der Waals surface area contributed by atoms with E-state index in [9.17, 15) is 9.18 Å². The topological polar surface area (TPSA) is 33.2 Å². The molecule has 3 atom stereocenters. The van der Waals surface area contributed by atoms with Crippen molar-refractivity contribution in [2.24, 2.45) is 5.92 Å². The summed E-state index contributed by atoms with van der Waals surface area (Å²) in [7, 11) is 0. The lowest BCUT2D eigenvalue weighted by molar-refractivity contribution is -0.133. The molecular weight excluding hydrogens is 311 g/mol. The molecule has 3 unspecified atom stereocenters. The molecule has 1 aliphatic heterocycles. The highest BCUT2D eigenvalue weighted by atomic mass is 32.1. The van der Waals surface area contributed by atoms with E-state index in [0.29, 0.717) is 5.92 Å². The number of halogens is 1. The Morgan fingerprint density at radius 2 is 2.13 bits per heavy atom. The Labute approximate surface area is 139 Å². The van der Waals surface area contributed by atoms with Crippen molar-refractivity contribution in [3.8, 4) is 0 Å². The molecule has 3 nitrogen and oxygen atoms in total. The van der Waals surface area contributed by atoms with Crippen molar-refractivity contribution in [3.05, 3.63) is 52.2 Å². The van der Waals surface area contributed by atoms with Crippen molar-refractivity contribution in [1.29, 1.82) is 0 Å². The number of piperidine rings is 1. The van der Waals surface area contributed by atoms with E-state index in [2.05, 4.69) is 4.98 Å². The number of carbonyl (C=O) groups excluding carboxylic acids is 1. The molecule has 5 heteroatoms. The second kappa shape index (κ2) is 6.04. The molecule has 1 saturated heterocycles. The maximum atomic E-state index is 13.0. The van der Waals surface area contributed by atoms with Gasteiger partial charge in [-0.25, -0.2) is 9.37 Å². The molecule has 4 rings (SSSR count). The van der Waals surface area contributed by atoms with E-state index in [1.54, 1.807) is 11.3 Å². The van der Waals surface area contributed by atoms with Crippen LogP contribution in [0.2, 0.25) is 0 Å². The highest BCUT2D eigenvalue weighted by Crippen LogP contribution is 2.49. The number of hydrogen-bond acceptors (Lipinski definition) is 3. The van der Waals surface area contributed by atoms with E-state index in [1.807, 2.05) is 28.6 Å². The van der Waals surface area contributed by atoms with Gasteiger partial charge in [-0.1, -0.05) is 12.1 Å².